The molecular weight excluding hydrogens is 466 g/mol. The van der Waals surface area contributed by atoms with E-state index in [0.29, 0.717) is 6.61 Å². The van der Waals surface area contributed by atoms with Crippen LogP contribution in [-0.2, 0) is 14.3 Å². The maximum absolute atomic E-state index is 11.8. The zero-order chi connectivity index (χ0) is 29.5. The highest BCUT2D eigenvalue weighted by molar-refractivity contribution is 6.00. The quantitative estimate of drug-likeness (QED) is 0.240. The van der Waals surface area contributed by atoms with E-state index < -0.39 is 5.92 Å². The molecule has 37 heavy (non-hydrogen) atoms. The van der Waals surface area contributed by atoms with Gasteiger partial charge in [0, 0.05) is 20.1 Å². The van der Waals surface area contributed by atoms with Gasteiger partial charge in [0.1, 0.15) is 5.92 Å². The minimum Gasteiger partial charge on any atom is -0.405 e. The number of ether oxygens (including phenoxy) is 1. The van der Waals surface area contributed by atoms with Gasteiger partial charge in [0.2, 0.25) is 11.8 Å². The van der Waals surface area contributed by atoms with Crippen molar-refractivity contribution in [1.29, 1.82) is 5.26 Å². The lowest BCUT2D eigenvalue weighted by molar-refractivity contribution is -0.139. The number of hydrogen-bond donors (Lipinski definition) is 3. The van der Waals surface area contributed by atoms with Crippen molar-refractivity contribution in [1.82, 2.24) is 15.5 Å². The van der Waals surface area contributed by atoms with Crippen LogP contribution in [0, 0.1) is 23.2 Å². The lowest BCUT2D eigenvalue weighted by Gasteiger charge is -2.21. The maximum Gasteiger partial charge on any atom is 0.238 e. The van der Waals surface area contributed by atoms with Gasteiger partial charge < -0.3 is 26.0 Å². The summed E-state index contributed by atoms with van der Waals surface area (Å²) in [6.45, 7) is 18.0. The SMILES string of the molecule is C=C/C=C/C.C=CN(C)C(=O)C(C)C(=O)NC(CC)COC.CCC(C#N)C/C=C\C=C/N.CCNC. The van der Waals surface area contributed by atoms with Gasteiger partial charge in [-0.15, -0.1) is 0 Å². The fourth-order valence-electron chi connectivity index (χ4n) is 2.13. The standard InChI is InChI=1S/C12H22N2O3.C9H14N2.C5H8.C3H9N/c1-6-10(8-17-5)13-11(15)9(3)12(16)14(4)7-2;1-2-9(8-11)6-4-3-5-7-10;1-3-5-4-2;1-3-4-2/h7,9-10H,2,6,8H2,1,3-5H3,(H,13,15);3-5,7,9H,2,6,10H2,1H3;3-5H,1H2,2H3;4H,3H2,1-2H3/b;4-3-,7-5-;5-4+;. The van der Waals surface area contributed by atoms with Crippen LogP contribution in [0.2, 0.25) is 0 Å². The van der Waals surface area contributed by atoms with E-state index in [1.54, 1.807) is 33.2 Å². The van der Waals surface area contributed by atoms with Crippen molar-refractivity contribution in [2.75, 3.05) is 34.4 Å². The predicted octanol–water partition coefficient (Wildman–Crippen LogP) is 4.69. The number of hydrogen-bond acceptors (Lipinski definition) is 6. The summed E-state index contributed by atoms with van der Waals surface area (Å²) < 4.78 is 4.98. The van der Waals surface area contributed by atoms with Crippen LogP contribution in [0.1, 0.15) is 53.9 Å². The molecule has 0 aromatic heterocycles. The topological polar surface area (TPSA) is 120 Å². The highest BCUT2D eigenvalue weighted by Crippen LogP contribution is 2.06. The minimum absolute atomic E-state index is 0.0585. The van der Waals surface area contributed by atoms with E-state index in [0.717, 1.165) is 25.8 Å². The van der Waals surface area contributed by atoms with Gasteiger partial charge in [-0.3, -0.25) is 9.59 Å². The van der Waals surface area contributed by atoms with E-state index in [1.807, 2.05) is 52.1 Å². The first-order chi connectivity index (χ1) is 17.6. The van der Waals surface area contributed by atoms with Crippen LogP contribution in [0.15, 0.2) is 62.0 Å². The van der Waals surface area contributed by atoms with Crippen LogP contribution < -0.4 is 16.4 Å². The number of carbonyl (C=O) groups is 2. The molecule has 3 atom stereocenters. The molecule has 8 heteroatoms. The summed E-state index contributed by atoms with van der Waals surface area (Å²) in [6, 6.07) is 2.16. The molecule has 0 aromatic carbocycles. The number of nitriles is 1. The summed E-state index contributed by atoms with van der Waals surface area (Å²) >= 11 is 0. The zero-order valence-corrected chi connectivity index (χ0v) is 24.5. The van der Waals surface area contributed by atoms with E-state index in [4.69, 9.17) is 15.7 Å². The Hall–Kier alpha value is -3.15. The first-order valence-electron chi connectivity index (χ1n) is 12.6. The lowest BCUT2D eigenvalue weighted by atomic mass is 10.0. The zero-order valence-electron chi connectivity index (χ0n) is 24.5. The Morgan fingerprint density at radius 2 is 1.76 bits per heavy atom. The molecule has 0 aromatic rings. The van der Waals surface area contributed by atoms with E-state index in [1.165, 1.54) is 17.3 Å². The van der Waals surface area contributed by atoms with Crippen molar-refractivity contribution < 1.29 is 14.3 Å². The van der Waals surface area contributed by atoms with E-state index in [9.17, 15) is 9.59 Å². The third-order valence-electron chi connectivity index (χ3n) is 4.73. The summed E-state index contributed by atoms with van der Waals surface area (Å²) in [6.07, 6.45) is 16.5. The van der Waals surface area contributed by atoms with Crippen LogP contribution in [0.5, 0.6) is 0 Å². The summed E-state index contributed by atoms with van der Waals surface area (Å²) in [5.74, 6) is -1.13. The molecule has 0 rings (SSSR count). The Bertz CT molecular complexity index is 694. The van der Waals surface area contributed by atoms with Gasteiger partial charge in [-0.2, -0.15) is 5.26 Å². The van der Waals surface area contributed by atoms with Crippen LogP contribution in [0.25, 0.3) is 0 Å². The molecule has 0 saturated heterocycles. The van der Waals surface area contributed by atoms with Gasteiger partial charge in [-0.05, 0) is 65.2 Å². The molecule has 0 fully saturated rings. The van der Waals surface area contributed by atoms with Crippen LogP contribution >= 0.6 is 0 Å². The number of allylic oxidation sites excluding steroid dienone is 6. The fourth-order valence-corrected chi connectivity index (χ4v) is 2.13. The highest BCUT2D eigenvalue weighted by atomic mass is 16.5. The molecule has 212 valence electrons. The Labute approximate surface area is 227 Å². The smallest absolute Gasteiger partial charge is 0.238 e. The molecule has 8 nitrogen and oxygen atoms in total. The van der Waals surface area contributed by atoms with E-state index in [2.05, 4.69) is 36.8 Å². The number of carbonyl (C=O) groups excluding carboxylic acids is 2. The molecule has 0 saturated carbocycles. The molecule has 3 unspecified atom stereocenters. The summed E-state index contributed by atoms with van der Waals surface area (Å²) in [5, 5.41) is 14.3. The number of rotatable bonds is 13. The molecule has 0 spiro atoms. The maximum atomic E-state index is 11.8. The van der Waals surface area contributed by atoms with Crippen LogP contribution in [0.4, 0.5) is 0 Å². The molecule has 0 aliphatic carbocycles. The molecular formula is C29H53N5O3. The molecule has 2 amide bonds. The number of amides is 2. The second-order valence-corrected chi connectivity index (χ2v) is 7.67. The van der Waals surface area contributed by atoms with Gasteiger partial charge in [0.25, 0.3) is 0 Å². The monoisotopic (exact) mass is 519 g/mol. The third kappa shape index (κ3) is 29.0. The van der Waals surface area contributed by atoms with E-state index in [-0.39, 0.29) is 23.8 Å². The van der Waals surface area contributed by atoms with Gasteiger partial charge in [-0.1, -0.05) is 64.3 Å². The van der Waals surface area contributed by atoms with Crippen molar-refractivity contribution in [3.8, 4) is 6.07 Å². The Kier molecular flexibility index (Phi) is 36.4. The highest BCUT2D eigenvalue weighted by Gasteiger charge is 2.25. The molecule has 0 heterocycles. The molecule has 0 bridgehead atoms. The van der Waals surface area contributed by atoms with Crippen molar-refractivity contribution in [3.63, 3.8) is 0 Å². The average molecular weight is 520 g/mol. The van der Waals surface area contributed by atoms with Gasteiger partial charge in [0.15, 0.2) is 0 Å². The molecule has 4 N–H and O–H groups in total. The largest absolute Gasteiger partial charge is 0.405 e. The van der Waals surface area contributed by atoms with Gasteiger partial charge >= 0.3 is 0 Å². The van der Waals surface area contributed by atoms with Gasteiger partial charge in [-0.25, -0.2) is 0 Å². The first kappa shape index (κ1) is 41.0. The second kappa shape index (κ2) is 32.8. The average Bonchev–Trinajstić information content (AvgIpc) is 2.92. The lowest BCUT2D eigenvalue weighted by Crippen LogP contribution is -2.44. The predicted molar refractivity (Wildman–Crippen MR) is 157 cm³/mol. The number of nitrogens with one attached hydrogen (secondary N) is 2. The molecule has 0 aliphatic heterocycles. The Morgan fingerprint density at radius 1 is 1.16 bits per heavy atom. The normalized spacial score (nSPS) is 12.4. The second-order valence-electron chi connectivity index (χ2n) is 7.67. The minimum atomic E-state index is -0.719. The van der Waals surface area contributed by atoms with Crippen molar-refractivity contribution in [2.24, 2.45) is 17.6 Å². The Balaban J connectivity index is -0.000000231. The first-order valence-corrected chi connectivity index (χ1v) is 12.6. The van der Waals surface area contributed by atoms with Crippen molar-refractivity contribution in [3.05, 3.63) is 62.0 Å². The van der Waals surface area contributed by atoms with Gasteiger partial charge in [0.05, 0.1) is 18.7 Å². The number of nitrogens with two attached hydrogens (primary N) is 1. The van der Waals surface area contributed by atoms with Crippen molar-refractivity contribution in [2.45, 2.75) is 59.9 Å². The number of nitrogens with zero attached hydrogens (tertiary/aromatic N) is 2. The van der Waals surface area contributed by atoms with Crippen LogP contribution in [0.3, 0.4) is 0 Å². The summed E-state index contributed by atoms with van der Waals surface area (Å²) in [7, 11) is 5.08. The van der Waals surface area contributed by atoms with Crippen LogP contribution in [-0.4, -0.2) is 57.1 Å². The van der Waals surface area contributed by atoms with Crippen molar-refractivity contribution >= 4 is 11.8 Å². The summed E-state index contributed by atoms with van der Waals surface area (Å²) in [5.41, 5.74) is 5.11. The summed E-state index contributed by atoms with van der Waals surface area (Å²) in [4.78, 5) is 24.8. The molecule has 0 radical (unpaired) electrons. The Morgan fingerprint density at radius 3 is 2.08 bits per heavy atom. The number of methoxy groups -OCH3 is 1. The molecule has 0 aliphatic rings. The third-order valence-corrected chi connectivity index (χ3v) is 4.73. The fraction of sp³-hybridized carbons (Fsp3) is 0.552. The van der Waals surface area contributed by atoms with E-state index >= 15 is 0 Å².